The fourth-order valence-electron chi connectivity index (χ4n) is 3.63. The van der Waals surface area contributed by atoms with Gasteiger partial charge in [0.2, 0.25) is 0 Å². The van der Waals surface area contributed by atoms with Gasteiger partial charge < -0.3 is 10.1 Å². The lowest BCUT2D eigenvalue weighted by Gasteiger charge is -2.13. The maximum atomic E-state index is 13.1. The zero-order valence-corrected chi connectivity index (χ0v) is 20.1. The van der Waals surface area contributed by atoms with E-state index < -0.39 is 0 Å². The van der Waals surface area contributed by atoms with Gasteiger partial charge in [-0.2, -0.15) is 9.50 Å². The Morgan fingerprint density at radius 2 is 1.71 bits per heavy atom. The quantitative estimate of drug-likeness (QED) is 0.291. The highest BCUT2D eigenvalue weighted by Gasteiger charge is 2.17. The van der Waals surface area contributed by atoms with Gasteiger partial charge in [0.15, 0.2) is 5.82 Å². The lowest BCUT2D eigenvalue weighted by atomic mass is 10.2. The largest absolute Gasteiger partial charge is 0.493 e. The van der Waals surface area contributed by atoms with Crippen LogP contribution in [-0.2, 0) is 0 Å². The number of para-hydroxylation sites is 2. The Balaban J connectivity index is 1.48. The summed E-state index contributed by atoms with van der Waals surface area (Å²) in [5.74, 6) is 1.46. The van der Waals surface area contributed by atoms with Crippen LogP contribution in [0.25, 0.3) is 17.2 Å². The van der Waals surface area contributed by atoms with E-state index in [1.165, 1.54) is 11.8 Å². The van der Waals surface area contributed by atoms with Crippen molar-refractivity contribution in [2.24, 2.45) is 0 Å². The standard InChI is InChI=1S/C27H23N5O2S/c1-3-34-22-15-9-7-13-20(22)26(33)29-21-14-8-10-16-23(21)35-24-17-18(2)28-27-30-25(31-32(24)27)19-11-5-4-6-12-19/h4-17H,3H2,1-2H3,(H,29,33). The number of benzene rings is 3. The fourth-order valence-corrected chi connectivity index (χ4v) is 4.67. The first-order valence-corrected chi connectivity index (χ1v) is 12.0. The molecule has 7 nitrogen and oxygen atoms in total. The third-order valence-electron chi connectivity index (χ3n) is 5.22. The van der Waals surface area contributed by atoms with Crippen LogP contribution in [-0.4, -0.2) is 32.1 Å². The van der Waals surface area contributed by atoms with E-state index in [9.17, 15) is 4.79 Å². The zero-order chi connectivity index (χ0) is 24.2. The molecule has 0 unspecified atom stereocenters. The van der Waals surface area contributed by atoms with E-state index in [1.807, 2.05) is 86.6 Å². The predicted molar refractivity (Wildman–Crippen MR) is 137 cm³/mol. The maximum Gasteiger partial charge on any atom is 0.259 e. The second-order valence-corrected chi connectivity index (χ2v) is 8.79. The summed E-state index contributed by atoms with van der Waals surface area (Å²) in [5.41, 5.74) is 2.94. The van der Waals surface area contributed by atoms with E-state index in [0.29, 0.717) is 35.2 Å². The molecular weight excluding hydrogens is 458 g/mol. The number of fused-ring (bicyclic) bond motifs is 1. The summed E-state index contributed by atoms with van der Waals surface area (Å²) in [6, 6.07) is 26.7. The Morgan fingerprint density at radius 1 is 0.971 bits per heavy atom. The van der Waals surface area contributed by atoms with Crippen molar-refractivity contribution in [2.45, 2.75) is 23.8 Å². The van der Waals surface area contributed by atoms with Gasteiger partial charge in [-0.1, -0.05) is 66.4 Å². The number of nitrogens with zero attached hydrogens (tertiary/aromatic N) is 4. The molecule has 0 fully saturated rings. The number of carbonyl (C=O) groups is 1. The molecule has 0 bridgehead atoms. The summed E-state index contributed by atoms with van der Waals surface area (Å²) in [5, 5.41) is 8.59. The normalized spacial score (nSPS) is 10.9. The van der Waals surface area contributed by atoms with E-state index in [-0.39, 0.29) is 5.91 Å². The van der Waals surface area contributed by atoms with E-state index in [0.717, 1.165) is 21.2 Å². The summed E-state index contributed by atoms with van der Waals surface area (Å²) >= 11 is 1.49. The smallest absolute Gasteiger partial charge is 0.259 e. The van der Waals surface area contributed by atoms with Gasteiger partial charge in [-0.15, -0.1) is 5.10 Å². The van der Waals surface area contributed by atoms with Crippen LogP contribution in [0.1, 0.15) is 23.0 Å². The molecule has 5 rings (SSSR count). The Morgan fingerprint density at radius 3 is 2.54 bits per heavy atom. The molecule has 35 heavy (non-hydrogen) atoms. The van der Waals surface area contributed by atoms with Crippen LogP contribution in [0.15, 0.2) is 94.9 Å². The van der Waals surface area contributed by atoms with Gasteiger partial charge in [0, 0.05) is 16.2 Å². The Kier molecular flexibility index (Phi) is 6.45. The van der Waals surface area contributed by atoms with Crippen LogP contribution in [0, 0.1) is 6.92 Å². The molecule has 2 heterocycles. The lowest BCUT2D eigenvalue weighted by Crippen LogP contribution is -2.14. The fraction of sp³-hybridized carbons (Fsp3) is 0.111. The molecule has 0 aliphatic carbocycles. The molecule has 8 heteroatoms. The number of nitrogens with one attached hydrogen (secondary N) is 1. The molecule has 174 valence electrons. The SMILES string of the molecule is CCOc1ccccc1C(=O)Nc1ccccc1Sc1cc(C)nc2nc(-c3ccccc3)nn12. The number of aryl methyl sites for hydroxylation is 1. The molecule has 1 N–H and O–H groups in total. The topological polar surface area (TPSA) is 81.4 Å². The summed E-state index contributed by atoms with van der Waals surface area (Å²) in [6.07, 6.45) is 0. The first kappa shape index (κ1) is 22.6. The molecule has 0 radical (unpaired) electrons. The number of hydrogen-bond donors (Lipinski definition) is 1. The van der Waals surface area contributed by atoms with Crippen molar-refractivity contribution >= 4 is 29.1 Å². The number of amides is 1. The second kappa shape index (κ2) is 9.99. The summed E-state index contributed by atoms with van der Waals surface area (Å²) in [7, 11) is 0. The summed E-state index contributed by atoms with van der Waals surface area (Å²) in [6.45, 7) is 4.31. The third-order valence-corrected chi connectivity index (χ3v) is 6.30. The second-order valence-electron chi connectivity index (χ2n) is 7.73. The molecule has 0 saturated carbocycles. The molecule has 3 aromatic carbocycles. The number of hydrogen-bond acceptors (Lipinski definition) is 6. The van der Waals surface area contributed by atoms with Crippen molar-refractivity contribution in [1.82, 2.24) is 19.6 Å². The first-order valence-electron chi connectivity index (χ1n) is 11.2. The molecule has 2 aromatic heterocycles. The van der Waals surface area contributed by atoms with Gasteiger partial charge in [-0.25, -0.2) is 4.98 Å². The van der Waals surface area contributed by atoms with E-state index >= 15 is 0 Å². The van der Waals surface area contributed by atoms with Crippen molar-refractivity contribution in [3.8, 4) is 17.1 Å². The van der Waals surface area contributed by atoms with Gasteiger partial charge in [0.25, 0.3) is 11.7 Å². The van der Waals surface area contributed by atoms with Gasteiger partial charge in [0.1, 0.15) is 10.8 Å². The number of aromatic nitrogens is 4. The molecule has 1 amide bonds. The van der Waals surface area contributed by atoms with Gasteiger partial charge in [-0.05, 0) is 44.2 Å². The van der Waals surface area contributed by atoms with Crippen LogP contribution >= 0.6 is 11.8 Å². The van der Waals surface area contributed by atoms with Crippen molar-refractivity contribution in [1.29, 1.82) is 0 Å². The van der Waals surface area contributed by atoms with Crippen LogP contribution in [0.5, 0.6) is 5.75 Å². The monoisotopic (exact) mass is 481 g/mol. The highest BCUT2D eigenvalue weighted by molar-refractivity contribution is 7.99. The van der Waals surface area contributed by atoms with Gasteiger partial charge >= 0.3 is 0 Å². The number of carbonyl (C=O) groups excluding carboxylic acids is 1. The molecule has 5 aromatic rings. The number of rotatable bonds is 7. The maximum absolute atomic E-state index is 13.1. The average molecular weight is 482 g/mol. The Hall–Kier alpha value is -4.17. The van der Waals surface area contributed by atoms with E-state index in [4.69, 9.17) is 9.84 Å². The van der Waals surface area contributed by atoms with Crippen molar-refractivity contribution in [2.75, 3.05) is 11.9 Å². The van der Waals surface area contributed by atoms with Gasteiger partial charge in [-0.3, -0.25) is 4.79 Å². The molecule has 0 aliphatic heterocycles. The average Bonchev–Trinajstić information content (AvgIpc) is 3.30. The summed E-state index contributed by atoms with van der Waals surface area (Å²) in [4.78, 5) is 23.2. The third kappa shape index (κ3) is 4.88. The lowest BCUT2D eigenvalue weighted by molar-refractivity contribution is 0.102. The van der Waals surface area contributed by atoms with Crippen LogP contribution in [0.3, 0.4) is 0 Å². The zero-order valence-electron chi connectivity index (χ0n) is 19.3. The Bertz CT molecular complexity index is 1500. The Labute approximate surface area is 207 Å². The van der Waals surface area contributed by atoms with Crippen molar-refractivity contribution in [3.63, 3.8) is 0 Å². The predicted octanol–water partition coefficient (Wildman–Crippen LogP) is 5.90. The van der Waals surface area contributed by atoms with E-state index in [1.54, 1.807) is 16.6 Å². The highest BCUT2D eigenvalue weighted by atomic mass is 32.2. The van der Waals surface area contributed by atoms with Crippen LogP contribution in [0.4, 0.5) is 5.69 Å². The van der Waals surface area contributed by atoms with Gasteiger partial charge in [0.05, 0.1) is 17.9 Å². The number of anilines is 1. The van der Waals surface area contributed by atoms with Crippen molar-refractivity contribution in [3.05, 3.63) is 96.2 Å². The number of ether oxygens (including phenoxy) is 1. The summed E-state index contributed by atoms with van der Waals surface area (Å²) < 4.78 is 7.37. The molecule has 0 aliphatic rings. The minimum absolute atomic E-state index is 0.231. The highest BCUT2D eigenvalue weighted by Crippen LogP contribution is 2.34. The van der Waals surface area contributed by atoms with Crippen LogP contribution in [0.2, 0.25) is 0 Å². The van der Waals surface area contributed by atoms with E-state index in [2.05, 4.69) is 15.3 Å². The molecule has 0 spiro atoms. The minimum atomic E-state index is -0.231. The molecule has 0 saturated heterocycles. The minimum Gasteiger partial charge on any atom is -0.493 e. The molecule has 0 atom stereocenters. The van der Waals surface area contributed by atoms with Crippen molar-refractivity contribution < 1.29 is 9.53 Å². The molecular formula is C27H23N5O2S. The van der Waals surface area contributed by atoms with Crippen LogP contribution < -0.4 is 10.1 Å². The first-order chi connectivity index (χ1) is 17.1.